The summed E-state index contributed by atoms with van der Waals surface area (Å²) in [7, 11) is 1.47. The minimum atomic E-state index is -5.31. The molecule has 2 aromatic carbocycles. The molecule has 0 aliphatic carbocycles. The van der Waals surface area contributed by atoms with Crippen molar-refractivity contribution in [3.8, 4) is 17.6 Å². The minimum absolute atomic E-state index is 0.166. The van der Waals surface area contributed by atoms with E-state index in [-0.39, 0.29) is 31.0 Å². The van der Waals surface area contributed by atoms with E-state index < -0.39 is 34.8 Å². The Bertz CT molecular complexity index is 1280. The zero-order valence-corrected chi connectivity index (χ0v) is 18.3. The predicted octanol–water partition coefficient (Wildman–Crippen LogP) is 1.44. The van der Waals surface area contributed by atoms with Gasteiger partial charge in [0.1, 0.15) is 11.2 Å². The van der Waals surface area contributed by atoms with Crippen molar-refractivity contribution in [3.05, 3.63) is 64.7 Å². The van der Waals surface area contributed by atoms with E-state index in [1.807, 2.05) is 0 Å². The van der Waals surface area contributed by atoms with Gasteiger partial charge in [0.05, 0.1) is 13.5 Å². The van der Waals surface area contributed by atoms with Crippen molar-refractivity contribution in [1.82, 2.24) is 10.2 Å². The van der Waals surface area contributed by atoms with Crippen molar-refractivity contribution >= 4 is 17.7 Å². The average Bonchev–Trinajstić information content (AvgIpc) is 3.26. The number of nitrogens with zero attached hydrogens (tertiary/aromatic N) is 1. The molecule has 2 aliphatic rings. The molecule has 2 aliphatic heterocycles. The van der Waals surface area contributed by atoms with Crippen LogP contribution >= 0.6 is 0 Å². The van der Waals surface area contributed by atoms with Gasteiger partial charge >= 0.3 is 6.18 Å². The van der Waals surface area contributed by atoms with Crippen molar-refractivity contribution in [2.45, 2.75) is 24.9 Å². The summed E-state index contributed by atoms with van der Waals surface area (Å²) >= 11 is 0. The summed E-state index contributed by atoms with van der Waals surface area (Å²) in [6, 6.07) is 8.96. The Morgan fingerprint density at radius 3 is 2.37 bits per heavy atom. The van der Waals surface area contributed by atoms with E-state index in [0.717, 1.165) is 29.8 Å². The molecule has 35 heavy (non-hydrogen) atoms. The van der Waals surface area contributed by atoms with Crippen LogP contribution in [0.3, 0.4) is 0 Å². The third-order valence-corrected chi connectivity index (χ3v) is 5.94. The molecule has 2 aromatic rings. The molecule has 0 aromatic heterocycles. The maximum absolute atomic E-state index is 12.9. The Labute approximate surface area is 197 Å². The molecule has 0 radical (unpaired) electrons. The Kier molecular flexibility index (Phi) is 5.82. The lowest BCUT2D eigenvalue weighted by Gasteiger charge is -2.26. The van der Waals surface area contributed by atoms with Crippen LogP contribution in [0.5, 0.6) is 5.75 Å². The molecule has 3 amide bonds. The van der Waals surface area contributed by atoms with Crippen molar-refractivity contribution in [3.63, 3.8) is 0 Å². The highest BCUT2D eigenvalue weighted by molar-refractivity contribution is 6.08. The van der Waals surface area contributed by atoms with E-state index in [1.54, 1.807) is 18.2 Å². The fourth-order valence-electron chi connectivity index (χ4n) is 3.98. The normalized spacial score (nSPS) is 19.8. The second-order valence-electron chi connectivity index (χ2n) is 8.32. The number of fused-ring (bicyclic) bond motifs is 1. The number of benzene rings is 2. The smallest absolute Gasteiger partial charge is 0.447 e. The molecule has 2 heterocycles. The molecule has 8 nitrogen and oxygen atoms in total. The number of ether oxygens (including phenoxy) is 1. The van der Waals surface area contributed by atoms with Gasteiger partial charge in [-0.1, -0.05) is 30.0 Å². The molecule has 182 valence electrons. The van der Waals surface area contributed by atoms with Crippen LogP contribution in [0, 0.1) is 17.3 Å². The van der Waals surface area contributed by atoms with Crippen LogP contribution in [0.2, 0.25) is 0 Å². The molecule has 11 heteroatoms. The molecule has 0 saturated carbocycles. The Morgan fingerprint density at radius 1 is 1.11 bits per heavy atom. The van der Waals surface area contributed by atoms with Gasteiger partial charge in [-0.2, -0.15) is 13.2 Å². The van der Waals surface area contributed by atoms with Gasteiger partial charge in [-0.25, -0.2) is 0 Å². The standard InChI is InChI=1S/C24H19F3N2O6/c1-35-17-7-4-15-12-29(20(31)18(15)10-17)13-22(11-19(30)28-21(22)32)9-8-14-2-5-16(6-3-14)23(33,34)24(25,26)27/h2-7,10,33-34H,11-13H2,1H3,(H,28,30,32)/t22-/m1/s1. The summed E-state index contributed by atoms with van der Waals surface area (Å²) in [4.78, 5) is 39.0. The van der Waals surface area contributed by atoms with E-state index in [9.17, 15) is 37.8 Å². The molecule has 1 atom stereocenters. The van der Waals surface area contributed by atoms with Crippen LogP contribution in [0.15, 0.2) is 42.5 Å². The van der Waals surface area contributed by atoms with E-state index >= 15 is 0 Å². The van der Waals surface area contributed by atoms with Crippen molar-refractivity contribution in [2.24, 2.45) is 5.41 Å². The third kappa shape index (κ3) is 4.34. The highest BCUT2D eigenvalue weighted by atomic mass is 19.4. The predicted molar refractivity (Wildman–Crippen MR) is 113 cm³/mol. The number of carbonyl (C=O) groups excluding carboxylic acids is 3. The van der Waals surface area contributed by atoms with Crippen LogP contribution in [0.4, 0.5) is 13.2 Å². The summed E-state index contributed by atoms with van der Waals surface area (Å²) in [6.45, 7) is 0.0141. The maximum atomic E-state index is 12.9. The number of methoxy groups -OCH3 is 1. The number of imide groups is 1. The number of halogens is 3. The highest BCUT2D eigenvalue weighted by Gasteiger charge is 2.54. The van der Waals surface area contributed by atoms with Crippen molar-refractivity contribution in [2.75, 3.05) is 13.7 Å². The van der Waals surface area contributed by atoms with Gasteiger partial charge in [0.15, 0.2) is 0 Å². The lowest BCUT2D eigenvalue weighted by atomic mass is 9.85. The number of rotatable bonds is 4. The quantitative estimate of drug-likeness (QED) is 0.341. The molecule has 1 fully saturated rings. The van der Waals surface area contributed by atoms with E-state index in [2.05, 4.69) is 17.2 Å². The Morgan fingerprint density at radius 2 is 1.80 bits per heavy atom. The average molecular weight is 488 g/mol. The van der Waals surface area contributed by atoms with Gasteiger partial charge in [-0.3, -0.25) is 19.7 Å². The lowest BCUT2D eigenvalue weighted by Crippen LogP contribution is -2.42. The molecule has 4 rings (SSSR count). The number of alkyl halides is 3. The number of hydrogen-bond donors (Lipinski definition) is 3. The van der Waals surface area contributed by atoms with Gasteiger partial charge < -0.3 is 19.8 Å². The largest absolute Gasteiger partial charge is 0.497 e. The number of aliphatic hydroxyl groups is 2. The number of hydrogen-bond acceptors (Lipinski definition) is 6. The molecular weight excluding hydrogens is 469 g/mol. The van der Waals surface area contributed by atoms with Crippen LogP contribution in [-0.2, 0) is 21.9 Å². The first-order chi connectivity index (χ1) is 16.4. The first kappa shape index (κ1) is 24.3. The number of nitrogens with one attached hydrogen (secondary N) is 1. The van der Waals surface area contributed by atoms with Crippen molar-refractivity contribution < 1.29 is 42.5 Å². The van der Waals surface area contributed by atoms with Gasteiger partial charge in [-0.05, 0) is 29.8 Å². The lowest BCUT2D eigenvalue weighted by molar-refractivity contribution is -0.358. The van der Waals surface area contributed by atoms with Crippen LogP contribution in [0.1, 0.15) is 33.5 Å². The summed E-state index contributed by atoms with van der Waals surface area (Å²) in [5.74, 6) is 0.233. The number of amides is 3. The fraction of sp³-hybridized carbons (Fsp3) is 0.292. The van der Waals surface area contributed by atoms with Gasteiger partial charge in [-0.15, -0.1) is 0 Å². The van der Waals surface area contributed by atoms with E-state index in [0.29, 0.717) is 11.3 Å². The molecule has 0 spiro atoms. The molecular formula is C24H19F3N2O6. The highest BCUT2D eigenvalue weighted by Crippen LogP contribution is 2.37. The minimum Gasteiger partial charge on any atom is -0.497 e. The second-order valence-corrected chi connectivity index (χ2v) is 8.32. The van der Waals surface area contributed by atoms with Crippen LogP contribution < -0.4 is 10.1 Å². The second kappa shape index (κ2) is 8.41. The molecule has 3 N–H and O–H groups in total. The van der Waals surface area contributed by atoms with Crippen LogP contribution in [0.25, 0.3) is 0 Å². The Balaban J connectivity index is 1.61. The SMILES string of the molecule is COc1ccc2c(c1)C(=O)N(C[C@@]1(C#Cc3ccc(C(O)(O)C(F)(F)F)cc3)CC(=O)NC1=O)C2. The monoisotopic (exact) mass is 488 g/mol. The van der Waals surface area contributed by atoms with E-state index in [1.165, 1.54) is 12.0 Å². The molecule has 0 unspecified atom stereocenters. The first-order valence-electron chi connectivity index (χ1n) is 10.3. The fourth-order valence-corrected chi connectivity index (χ4v) is 3.98. The van der Waals surface area contributed by atoms with Crippen molar-refractivity contribution in [1.29, 1.82) is 0 Å². The maximum Gasteiger partial charge on any atom is 0.447 e. The first-order valence-corrected chi connectivity index (χ1v) is 10.3. The molecule has 0 bridgehead atoms. The summed E-state index contributed by atoms with van der Waals surface area (Å²) in [5.41, 5.74) is -1.08. The third-order valence-electron chi connectivity index (χ3n) is 5.94. The van der Waals surface area contributed by atoms with Gasteiger partial charge in [0.2, 0.25) is 11.8 Å². The zero-order chi connectivity index (χ0) is 25.6. The Hall–Kier alpha value is -3.88. The topological polar surface area (TPSA) is 116 Å². The molecule has 1 saturated heterocycles. The number of carbonyl (C=O) groups is 3. The zero-order valence-electron chi connectivity index (χ0n) is 18.3. The summed E-state index contributed by atoms with van der Waals surface area (Å²) in [5, 5.41) is 20.9. The summed E-state index contributed by atoms with van der Waals surface area (Å²) in [6.07, 6.45) is -5.61. The summed E-state index contributed by atoms with van der Waals surface area (Å²) < 4.78 is 43.6. The van der Waals surface area contributed by atoms with Gasteiger partial charge in [0.25, 0.3) is 11.7 Å². The van der Waals surface area contributed by atoms with Gasteiger partial charge in [0, 0.05) is 29.8 Å². The van der Waals surface area contributed by atoms with Crippen LogP contribution in [-0.4, -0.2) is 52.7 Å². The van der Waals surface area contributed by atoms with E-state index in [4.69, 9.17) is 4.74 Å².